The lowest BCUT2D eigenvalue weighted by molar-refractivity contribution is -0.149. The number of carbonyl (C=O) groups is 1. The standard InChI is InChI=1S/C27H31NO7/c1-5-34-26(30)17-10-12-28(13-11-17)15-20-21(29)8-7-19-16(2)24(27(31)35-25(19)20)18-6-9-22(32-3)23(14-18)33-4/h6-9,14,17,29H,5,10-13,15H2,1-4H3. The molecule has 0 amide bonds. The Bertz CT molecular complexity index is 1290. The van der Waals surface area contributed by atoms with Gasteiger partial charge in [0, 0.05) is 11.9 Å². The maximum Gasteiger partial charge on any atom is 0.344 e. The maximum atomic E-state index is 13.2. The second-order valence-electron chi connectivity index (χ2n) is 8.70. The number of aryl methyl sites for hydroxylation is 1. The van der Waals surface area contributed by atoms with Gasteiger partial charge in [0.25, 0.3) is 0 Å². The van der Waals surface area contributed by atoms with E-state index in [0.717, 1.165) is 10.9 Å². The van der Waals surface area contributed by atoms with Crippen molar-refractivity contribution in [2.24, 2.45) is 5.92 Å². The number of phenols is 1. The molecule has 3 aromatic rings. The van der Waals surface area contributed by atoms with Gasteiger partial charge in [-0.3, -0.25) is 9.69 Å². The first-order valence-electron chi connectivity index (χ1n) is 11.8. The van der Waals surface area contributed by atoms with E-state index in [0.29, 0.717) is 72.9 Å². The first-order chi connectivity index (χ1) is 16.9. The third-order valence-electron chi connectivity index (χ3n) is 6.68. The Morgan fingerprint density at radius 1 is 1.11 bits per heavy atom. The molecule has 1 N–H and O–H groups in total. The Labute approximate surface area is 204 Å². The molecule has 2 heterocycles. The second kappa shape index (κ2) is 10.4. The predicted octanol–water partition coefficient (Wildman–Crippen LogP) is 4.27. The van der Waals surface area contributed by atoms with E-state index in [1.165, 1.54) is 0 Å². The number of methoxy groups -OCH3 is 2. The molecule has 0 atom stereocenters. The molecule has 1 saturated heterocycles. The molecule has 0 unspecified atom stereocenters. The number of aromatic hydroxyl groups is 1. The lowest BCUT2D eigenvalue weighted by Gasteiger charge is -2.31. The summed E-state index contributed by atoms with van der Waals surface area (Å²) in [6, 6.07) is 8.69. The van der Waals surface area contributed by atoms with Crippen LogP contribution in [0.3, 0.4) is 0 Å². The number of hydrogen-bond donors (Lipinski definition) is 1. The van der Waals surface area contributed by atoms with Gasteiger partial charge in [0.05, 0.1) is 37.9 Å². The van der Waals surface area contributed by atoms with Gasteiger partial charge in [0.1, 0.15) is 11.3 Å². The number of carbonyl (C=O) groups excluding carboxylic acids is 1. The normalized spacial score (nSPS) is 14.7. The molecule has 0 aliphatic carbocycles. The van der Waals surface area contributed by atoms with Crippen molar-refractivity contribution in [2.75, 3.05) is 33.9 Å². The van der Waals surface area contributed by atoms with Crippen molar-refractivity contribution >= 4 is 16.9 Å². The minimum atomic E-state index is -0.491. The molecule has 8 heteroatoms. The van der Waals surface area contributed by atoms with Crippen LogP contribution in [-0.4, -0.2) is 49.9 Å². The van der Waals surface area contributed by atoms with Crippen LogP contribution in [0.5, 0.6) is 17.2 Å². The first kappa shape index (κ1) is 24.6. The Morgan fingerprint density at radius 3 is 2.49 bits per heavy atom. The molecule has 1 aliphatic heterocycles. The van der Waals surface area contributed by atoms with Crippen LogP contribution in [0.25, 0.3) is 22.1 Å². The van der Waals surface area contributed by atoms with Gasteiger partial charge in [-0.1, -0.05) is 6.07 Å². The van der Waals surface area contributed by atoms with Crippen molar-refractivity contribution in [3.63, 3.8) is 0 Å². The summed E-state index contributed by atoms with van der Waals surface area (Å²) in [6.45, 7) is 5.85. The Morgan fingerprint density at radius 2 is 1.83 bits per heavy atom. The number of rotatable bonds is 7. The number of likely N-dealkylation sites (tertiary alicyclic amines) is 1. The molecular formula is C27H31NO7. The molecule has 186 valence electrons. The highest BCUT2D eigenvalue weighted by molar-refractivity contribution is 5.90. The van der Waals surface area contributed by atoms with Crippen LogP contribution in [0.1, 0.15) is 30.9 Å². The van der Waals surface area contributed by atoms with E-state index in [4.69, 9.17) is 18.6 Å². The molecular weight excluding hydrogens is 450 g/mol. The summed E-state index contributed by atoms with van der Waals surface area (Å²) < 4.78 is 21.7. The topological polar surface area (TPSA) is 98.4 Å². The van der Waals surface area contributed by atoms with Crippen LogP contribution in [0.4, 0.5) is 0 Å². The summed E-state index contributed by atoms with van der Waals surface area (Å²) in [5, 5.41) is 11.4. The van der Waals surface area contributed by atoms with Crippen molar-refractivity contribution in [1.29, 1.82) is 0 Å². The van der Waals surface area contributed by atoms with E-state index in [1.807, 2.05) is 13.8 Å². The Kier molecular flexibility index (Phi) is 7.31. The fourth-order valence-electron chi connectivity index (χ4n) is 4.75. The van der Waals surface area contributed by atoms with Gasteiger partial charge in [-0.05, 0) is 75.2 Å². The zero-order valence-electron chi connectivity index (χ0n) is 20.6. The minimum Gasteiger partial charge on any atom is -0.507 e. The lowest BCUT2D eigenvalue weighted by Crippen LogP contribution is -2.36. The van der Waals surface area contributed by atoms with Gasteiger partial charge in [0.2, 0.25) is 0 Å². The van der Waals surface area contributed by atoms with Crippen LogP contribution >= 0.6 is 0 Å². The Balaban J connectivity index is 1.67. The van der Waals surface area contributed by atoms with E-state index in [2.05, 4.69) is 4.90 Å². The highest BCUT2D eigenvalue weighted by Crippen LogP contribution is 2.36. The van der Waals surface area contributed by atoms with Crippen molar-refractivity contribution < 1.29 is 28.5 Å². The van der Waals surface area contributed by atoms with E-state index in [9.17, 15) is 14.7 Å². The summed E-state index contributed by atoms with van der Waals surface area (Å²) >= 11 is 0. The largest absolute Gasteiger partial charge is 0.507 e. The van der Waals surface area contributed by atoms with Crippen LogP contribution in [0, 0.1) is 12.8 Å². The summed E-state index contributed by atoms with van der Waals surface area (Å²) in [6.07, 6.45) is 1.38. The Hall–Kier alpha value is -3.52. The fraction of sp³-hybridized carbons (Fsp3) is 0.407. The van der Waals surface area contributed by atoms with Crippen LogP contribution < -0.4 is 15.1 Å². The number of esters is 1. The summed E-state index contributed by atoms with van der Waals surface area (Å²) in [5.41, 5.74) is 2.30. The van der Waals surface area contributed by atoms with Gasteiger partial charge in [-0.15, -0.1) is 0 Å². The van der Waals surface area contributed by atoms with Crippen LogP contribution in [0.2, 0.25) is 0 Å². The van der Waals surface area contributed by atoms with Crippen molar-refractivity contribution in [2.45, 2.75) is 33.2 Å². The van der Waals surface area contributed by atoms with Crippen LogP contribution in [-0.2, 0) is 16.1 Å². The van der Waals surface area contributed by atoms with E-state index in [-0.39, 0.29) is 17.6 Å². The molecule has 35 heavy (non-hydrogen) atoms. The van der Waals surface area contributed by atoms with E-state index in [1.54, 1.807) is 44.6 Å². The van der Waals surface area contributed by atoms with Crippen molar-refractivity contribution in [1.82, 2.24) is 4.90 Å². The lowest BCUT2D eigenvalue weighted by atomic mass is 9.95. The zero-order valence-corrected chi connectivity index (χ0v) is 20.6. The van der Waals surface area contributed by atoms with Crippen molar-refractivity contribution in [3.05, 3.63) is 51.9 Å². The number of nitrogens with zero attached hydrogens (tertiary/aromatic N) is 1. The zero-order chi connectivity index (χ0) is 25.1. The molecule has 4 rings (SSSR count). The number of piperidine rings is 1. The summed E-state index contributed by atoms with van der Waals surface area (Å²) in [5.74, 6) is 0.909. The number of hydrogen-bond acceptors (Lipinski definition) is 8. The van der Waals surface area contributed by atoms with Gasteiger partial charge < -0.3 is 23.7 Å². The highest BCUT2D eigenvalue weighted by Gasteiger charge is 2.27. The highest BCUT2D eigenvalue weighted by atomic mass is 16.5. The number of benzene rings is 2. The first-order valence-corrected chi connectivity index (χ1v) is 11.8. The molecule has 1 aliphatic rings. The molecule has 0 bridgehead atoms. The molecule has 8 nitrogen and oxygen atoms in total. The average Bonchev–Trinajstić information content (AvgIpc) is 2.86. The van der Waals surface area contributed by atoms with E-state index >= 15 is 0 Å². The average molecular weight is 482 g/mol. The monoisotopic (exact) mass is 481 g/mol. The molecule has 0 saturated carbocycles. The molecule has 1 aromatic heterocycles. The van der Waals surface area contributed by atoms with Gasteiger partial charge in [-0.25, -0.2) is 4.79 Å². The molecule has 0 spiro atoms. The minimum absolute atomic E-state index is 0.0754. The van der Waals surface area contributed by atoms with Crippen LogP contribution in [0.15, 0.2) is 39.5 Å². The SMILES string of the molecule is CCOC(=O)C1CCN(Cc2c(O)ccc3c(C)c(-c4ccc(OC)c(OC)c4)c(=O)oc23)CC1. The third kappa shape index (κ3) is 4.84. The van der Waals surface area contributed by atoms with Gasteiger partial charge in [0.15, 0.2) is 11.5 Å². The maximum absolute atomic E-state index is 13.2. The summed E-state index contributed by atoms with van der Waals surface area (Å²) in [7, 11) is 3.10. The quantitative estimate of drug-likeness (QED) is 0.395. The van der Waals surface area contributed by atoms with Gasteiger partial charge in [-0.2, -0.15) is 0 Å². The number of ether oxygens (including phenoxy) is 3. The number of fused-ring (bicyclic) bond motifs is 1. The van der Waals surface area contributed by atoms with Gasteiger partial charge >= 0.3 is 11.6 Å². The summed E-state index contributed by atoms with van der Waals surface area (Å²) in [4.78, 5) is 27.4. The molecule has 0 radical (unpaired) electrons. The predicted molar refractivity (Wildman–Crippen MR) is 132 cm³/mol. The third-order valence-corrected chi connectivity index (χ3v) is 6.68. The second-order valence-corrected chi connectivity index (χ2v) is 8.70. The fourth-order valence-corrected chi connectivity index (χ4v) is 4.75. The molecule has 2 aromatic carbocycles. The van der Waals surface area contributed by atoms with Crippen molar-refractivity contribution in [3.8, 4) is 28.4 Å². The number of phenolic OH excluding ortho intramolecular Hbond substituents is 1. The molecule has 1 fully saturated rings. The smallest absolute Gasteiger partial charge is 0.344 e. The van der Waals surface area contributed by atoms with E-state index < -0.39 is 5.63 Å².